The molecule has 2 nitrogen and oxygen atoms in total. The Labute approximate surface area is 108 Å². The van der Waals surface area contributed by atoms with Crippen LogP contribution < -0.4 is 0 Å². The minimum absolute atomic E-state index is 0.0956. The first-order valence-electron chi connectivity index (χ1n) is 7.92. The number of rotatable bonds is 0. The molecule has 0 amide bonds. The molecule has 2 heteroatoms. The van der Waals surface area contributed by atoms with Gasteiger partial charge in [0.2, 0.25) is 0 Å². The van der Waals surface area contributed by atoms with Crippen LogP contribution in [0, 0.1) is 28.6 Å². The first-order chi connectivity index (χ1) is 8.73. The van der Waals surface area contributed by atoms with E-state index in [1.165, 1.54) is 51.4 Å². The van der Waals surface area contributed by atoms with Crippen molar-refractivity contribution in [1.29, 1.82) is 0 Å². The van der Waals surface area contributed by atoms with E-state index in [9.17, 15) is 4.79 Å². The fourth-order valence-corrected chi connectivity index (χ4v) is 5.92. The molecule has 0 aromatic heterocycles. The van der Waals surface area contributed by atoms with Crippen molar-refractivity contribution in [2.75, 3.05) is 0 Å². The molecule has 1 saturated heterocycles. The molecule has 5 rings (SSSR count). The van der Waals surface area contributed by atoms with E-state index in [-0.39, 0.29) is 5.97 Å². The summed E-state index contributed by atoms with van der Waals surface area (Å²) in [5.41, 5.74) is 1.33. The summed E-state index contributed by atoms with van der Waals surface area (Å²) in [6.45, 7) is 0. The van der Waals surface area contributed by atoms with Crippen molar-refractivity contribution in [3.8, 4) is 0 Å². The number of ether oxygens (including phenoxy) is 1. The molecule has 0 aromatic rings. The summed E-state index contributed by atoms with van der Waals surface area (Å²) in [5.74, 6) is 2.32. The Bertz CT molecular complexity index is 419. The number of esters is 1. The molecule has 0 bridgehead atoms. The molecule has 0 unspecified atom stereocenters. The maximum atomic E-state index is 11.7. The Kier molecular flexibility index (Phi) is 1.69. The normalized spacial score (nSPS) is 49.7. The summed E-state index contributed by atoms with van der Waals surface area (Å²) in [4.78, 5) is 11.7. The van der Waals surface area contributed by atoms with Crippen molar-refractivity contribution >= 4 is 5.97 Å². The second kappa shape index (κ2) is 2.96. The van der Waals surface area contributed by atoms with Crippen LogP contribution in [-0.2, 0) is 9.53 Å². The van der Waals surface area contributed by atoms with Gasteiger partial charge in [-0.15, -0.1) is 0 Å². The number of carbonyl (C=O) groups is 1. The zero-order valence-electron chi connectivity index (χ0n) is 11.0. The van der Waals surface area contributed by atoms with Gasteiger partial charge in [0, 0.05) is 11.8 Å². The lowest BCUT2D eigenvalue weighted by Gasteiger charge is -2.33. The molecule has 5 aliphatic rings. The smallest absolute Gasteiger partial charge is 0.306 e. The van der Waals surface area contributed by atoms with Crippen molar-refractivity contribution in [2.45, 2.75) is 63.9 Å². The van der Waals surface area contributed by atoms with Gasteiger partial charge in [-0.3, -0.25) is 4.79 Å². The third-order valence-electron chi connectivity index (χ3n) is 7.19. The quantitative estimate of drug-likeness (QED) is 0.613. The minimum Gasteiger partial charge on any atom is -0.462 e. The lowest BCUT2D eigenvalue weighted by Crippen LogP contribution is -2.34. The summed E-state index contributed by atoms with van der Waals surface area (Å²) < 4.78 is 5.82. The molecular formula is C16H22O2. The number of hydrogen-bond acceptors (Lipinski definition) is 2. The van der Waals surface area contributed by atoms with Crippen molar-refractivity contribution in [3.63, 3.8) is 0 Å². The molecule has 5 fully saturated rings. The lowest BCUT2D eigenvalue weighted by molar-refractivity contribution is -0.145. The fraction of sp³-hybridized carbons (Fsp3) is 0.938. The van der Waals surface area contributed by atoms with E-state index >= 15 is 0 Å². The summed E-state index contributed by atoms with van der Waals surface area (Å²) >= 11 is 0. The van der Waals surface area contributed by atoms with E-state index in [0.29, 0.717) is 22.9 Å². The molecule has 4 aliphatic carbocycles. The van der Waals surface area contributed by atoms with Gasteiger partial charge in [-0.25, -0.2) is 0 Å². The number of fused-ring (bicyclic) bond motifs is 5. The average Bonchev–Trinajstić information content (AvgIpc) is 3.21. The lowest BCUT2D eigenvalue weighted by atomic mass is 9.74. The van der Waals surface area contributed by atoms with E-state index in [2.05, 4.69) is 0 Å². The van der Waals surface area contributed by atoms with Crippen LogP contribution in [0.3, 0.4) is 0 Å². The Morgan fingerprint density at radius 2 is 1.67 bits per heavy atom. The minimum atomic E-state index is 0.0956. The molecular weight excluding hydrogens is 224 g/mol. The SMILES string of the molecule is O=C1C[C@@H]2CCC3(CC3)[C@@H]3CCC4(CC4)[C@@H]3[C@H]2O1. The Morgan fingerprint density at radius 3 is 2.39 bits per heavy atom. The second-order valence-electron chi connectivity index (χ2n) is 7.85. The molecule has 1 aliphatic heterocycles. The molecule has 0 N–H and O–H groups in total. The topological polar surface area (TPSA) is 26.3 Å². The van der Waals surface area contributed by atoms with E-state index < -0.39 is 0 Å². The Hall–Kier alpha value is -0.530. The number of carbonyl (C=O) groups excluding carboxylic acids is 1. The molecule has 98 valence electrons. The fourth-order valence-electron chi connectivity index (χ4n) is 5.92. The van der Waals surface area contributed by atoms with Crippen LogP contribution in [0.5, 0.6) is 0 Å². The largest absolute Gasteiger partial charge is 0.462 e. The molecule has 4 atom stereocenters. The summed E-state index contributed by atoms with van der Waals surface area (Å²) in [5, 5.41) is 0. The van der Waals surface area contributed by atoms with Gasteiger partial charge in [-0.05, 0) is 68.1 Å². The van der Waals surface area contributed by atoms with Crippen LogP contribution in [0.25, 0.3) is 0 Å². The summed E-state index contributed by atoms with van der Waals surface area (Å²) in [6.07, 6.45) is 12.3. The molecule has 2 spiro atoms. The van der Waals surface area contributed by atoms with Gasteiger partial charge in [0.15, 0.2) is 0 Å². The standard InChI is InChI=1S/C16H22O2/c17-12-9-10-1-3-15(5-6-15)11-2-4-16(7-8-16)13(11)14(10)18-12/h10-11,13-14H,1-9H2/t10-,11+,13-,14-/m0/s1. The van der Waals surface area contributed by atoms with Gasteiger partial charge in [0.25, 0.3) is 0 Å². The highest BCUT2D eigenvalue weighted by Gasteiger charge is 2.68. The monoisotopic (exact) mass is 246 g/mol. The van der Waals surface area contributed by atoms with Crippen molar-refractivity contribution in [1.82, 2.24) is 0 Å². The zero-order valence-corrected chi connectivity index (χ0v) is 11.0. The van der Waals surface area contributed by atoms with E-state index in [0.717, 1.165) is 18.3 Å². The van der Waals surface area contributed by atoms with Crippen LogP contribution in [0.15, 0.2) is 0 Å². The second-order valence-corrected chi connectivity index (χ2v) is 7.85. The first-order valence-corrected chi connectivity index (χ1v) is 7.92. The molecule has 1 heterocycles. The van der Waals surface area contributed by atoms with Gasteiger partial charge < -0.3 is 4.74 Å². The maximum absolute atomic E-state index is 11.7. The summed E-state index contributed by atoms with van der Waals surface area (Å²) in [6, 6.07) is 0. The highest BCUT2D eigenvalue weighted by Crippen LogP contribution is 2.74. The van der Waals surface area contributed by atoms with Crippen LogP contribution in [0.4, 0.5) is 0 Å². The highest BCUT2D eigenvalue weighted by atomic mass is 16.6. The number of hydrogen-bond donors (Lipinski definition) is 0. The van der Waals surface area contributed by atoms with Gasteiger partial charge in [0.1, 0.15) is 6.10 Å². The molecule has 0 radical (unpaired) electrons. The van der Waals surface area contributed by atoms with Crippen LogP contribution in [-0.4, -0.2) is 12.1 Å². The van der Waals surface area contributed by atoms with E-state index in [4.69, 9.17) is 4.74 Å². The van der Waals surface area contributed by atoms with Gasteiger partial charge in [0.05, 0.1) is 6.42 Å². The van der Waals surface area contributed by atoms with Crippen molar-refractivity contribution in [3.05, 3.63) is 0 Å². The van der Waals surface area contributed by atoms with Gasteiger partial charge in [-0.2, -0.15) is 0 Å². The maximum Gasteiger partial charge on any atom is 0.306 e. The first kappa shape index (κ1) is 10.3. The van der Waals surface area contributed by atoms with Crippen LogP contribution >= 0.6 is 0 Å². The molecule has 4 saturated carbocycles. The summed E-state index contributed by atoms with van der Waals surface area (Å²) in [7, 11) is 0. The average molecular weight is 246 g/mol. The molecule has 0 aromatic carbocycles. The van der Waals surface area contributed by atoms with E-state index in [1.54, 1.807) is 0 Å². The van der Waals surface area contributed by atoms with Gasteiger partial charge >= 0.3 is 5.97 Å². The van der Waals surface area contributed by atoms with Crippen LogP contribution in [0.1, 0.15) is 57.8 Å². The zero-order chi connectivity index (χ0) is 12.0. The predicted octanol–water partition coefficient (Wildman–Crippen LogP) is 3.30. The van der Waals surface area contributed by atoms with Crippen molar-refractivity contribution in [2.24, 2.45) is 28.6 Å². The van der Waals surface area contributed by atoms with Crippen LogP contribution in [0.2, 0.25) is 0 Å². The third-order valence-corrected chi connectivity index (χ3v) is 7.19. The predicted molar refractivity (Wildman–Crippen MR) is 66.8 cm³/mol. The van der Waals surface area contributed by atoms with E-state index in [1.807, 2.05) is 0 Å². The third kappa shape index (κ3) is 1.13. The van der Waals surface area contributed by atoms with Crippen molar-refractivity contribution < 1.29 is 9.53 Å². The Balaban J connectivity index is 1.58. The Morgan fingerprint density at radius 1 is 0.944 bits per heavy atom. The highest BCUT2D eigenvalue weighted by molar-refractivity contribution is 5.72. The molecule has 18 heavy (non-hydrogen) atoms. The van der Waals surface area contributed by atoms with Gasteiger partial charge in [-0.1, -0.05) is 0 Å².